The Morgan fingerprint density at radius 2 is 2.14 bits per heavy atom. The summed E-state index contributed by atoms with van der Waals surface area (Å²) in [5.41, 5.74) is 0.979. The molecule has 21 heavy (non-hydrogen) atoms. The van der Waals surface area contributed by atoms with Crippen molar-refractivity contribution in [1.82, 2.24) is 4.57 Å². The Labute approximate surface area is 126 Å². The Morgan fingerprint density at radius 1 is 1.43 bits per heavy atom. The number of carbonyl (C=O) groups excluding carboxylic acids is 1. The predicted octanol–water partition coefficient (Wildman–Crippen LogP) is 2.50. The van der Waals surface area contributed by atoms with E-state index in [1.807, 2.05) is 16.7 Å². The fourth-order valence-corrected chi connectivity index (χ4v) is 3.25. The van der Waals surface area contributed by atoms with Gasteiger partial charge in [-0.15, -0.1) is 6.58 Å². The predicted molar refractivity (Wildman–Crippen MR) is 81.9 cm³/mol. The first-order valence-electron chi connectivity index (χ1n) is 6.84. The summed E-state index contributed by atoms with van der Waals surface area (Å²) in [4.78, 5) is 16.5. The van der Waals surface area contributed by atoms with Crippen LogP contribution in [0.5, 0.6) is 11.5 Å². The maximum absolute atomic E-state index is 11.6. The molecule has 1 amide bonds. The van der Waals surface area contributed by atoms with Crippen LogP contribution in [0.1, 0.15) is 13.3 Å². The zero-order valence-corrected chi connectivity index (χ0v) is 12.6. The van der Waals surface area contributed by atoms with Gasteiger partial charge in [0.15, 0.2) is 16.3 Å². The van der Waals surface area contributed by atoms with E-state index >= 15 is 0 Å². The number of carbonyl (C=O) groups is 1. The fraction of sp³-hybridized carbons (Fsp3) is 0.333. The van der Waals surface area contributed by atoms with Crippen molar-refractivity contribution in [3.05, 3.63) is 29.6 Å². The molecule has 0 fully saturated rings. The maximum atomic E-state index is 11.6. The Hall–Kier alpha value is -2.08. The molecule has 1 aliphatic heterocycles. The largest absolute Gasteiger partial charge is 0.486 e. The van der Waals surface area contributed by atoms with Crippen LogP contribution >= 0.6 is 11.3 Å². The van der Waals surface area contributed by atoms with E-state index in [4.69, 9.17) is 9.47 Å². The molecule has 0 bridgehead atoms. The first kappa shape index (κ1) is 13.9. The first-order valence-corrected chi connectivity index (χ1v) is 7.66. The Morgan fingerprint density at radius 3 is 2.81 bits per heavy atom. The Kier molecular flexibility index (Phi) is 3.79. The minimum atomic E-state index is -0.128. The third-order valence-electron chi connectivity index (χ3n) is 3.18. The SMILES string of the molecule is C=CCn1c(=NC(=O)CC)sc2cc3c(cc21)OCCO3. The van der Waals surface area contributed by atoms with Crippen molar-refractivity contribution in [3.8, 4) is 11.5 Å². The lowest BCUT2D eigenvalue weighted by atomic mass is 10.2. The summed E-state index contributed by atoms with van der Waals surface area (Å²) in [6, 6.07) is 3.89. The zero-order chi connectivity index (χ0) is 14.8. The number of thiazole rings is 1. The van der Waals surface area contributed by atoms with Gasteiger partial charge in [-0.3, -0.25) is 4.79 Å². The quantitative estimate of drug-likeness (QED) is 0.819. The van der Waals surface area contributed by atoms with Crippen molar-refractivity contribution < 1.29 is 14.3 Å². The number of allylic oxidation sites excluding steroid dienone is 1. The van der Waals surface area contributed by atoms with Gasteiger partial charge in [0.25, 0.3) is 0 Å². The third kappa shape index (κ3) is 2.58. The molecule has 1 aromatic carbocycles. The van der Waals surface area contributed by atoms with Gasteiger partial charge in [-0.1, -0.05) is 24.3 Å². The molecule has 3 rings (SSSR count). The highest BCUT2D eigenvalue weighted by Crippen LogP contribution is 2.35. The topological polar surface area (TPSA) is 52.8 Å². The number of hydrogen-bond donors (Lipinski definition) is 0. The molecule has 0 N–H and O–H groups in total. The summed E-state index contributed by atoms with van der Waals surface area (Å²) >= 11 is 1.47. The van der Waals surface area contributed by atoms with E-state index in [1.54, 1.807) is 13.0 Å². The van der Waals surface area contributed by atoms with E-state index in [-0.39, 0.29) is 5.91 Å². The van der Waals surface area contributed by atoms with Gasteiger partial charge in [0.1, 0.15) is 13.2 Å². The van der Waals surface area contributed by atoms with Crippen LogP contribution in [0.4, 0.5) is 0 Å². The lowest BCUT2D eigenvalue weighted by Crippen LogP contribution is -2.17. The second-order valence-corrected chi connectivity index (χ2v) is 5.62. The van der Waals surface area contributed by atoms with Gasteiger partial charge in [0.2, 0.25) is 5.91 Å². The average Bonchev–Trinajstić information content (AvgIpc) is 2.82. The molecule has 1 aromatic heterocycles. The lowest BCUT2D eigenvalue weighted by Gasteiger charge is -2.18. The maximum Gasteiger partial charge on any atom is 0.248 e. The molecular formula is C15H16N2O3S. The molecule has 0 saturated heterocycles. The number of ether oxygens (including phenoxy) is 2. The number of rotatable bonds is 3. The number of hydrogen-bond acceptors (Lipinski definition) is 4. The summed E-state index contributed by atoms with van der Waals surface area (Å²) in [5, 5.41) is 0. The highest BCUT2D eigenvalue weighted by molar-refractivity contribution is 7.16. The molecule has 0 radical (unpaired) electrons. The van der Waals surface area contributed by atoms with Gasteiger partial charge in [0, 0.05) is 25.1 Å². The third-order valence-corrected chi connectivity index (χ3v) is 4.22. The number of benzene rings is 1. The summed E-state index contributed by atoms with van der Waals surface area (Å²) < 4.78 is 14.2. The highest BCUT2D eigenvalue weighted by Gasteiger charge is 2.16. The molecule has 110 valence electrons. The molecule has 0 spiro atoms. The van der Waals surface area contributed by atoms with Crippen LogP contribution in [0.15, 0.2) is 29.8 Å². The van der Waals surface area contributed by atoms with Crippen LogP contribution in [0.25, 0.3) is 10.2 Å². The van der Waals surface area contributed by atoms with Crippen molar-refractivity contribution in [1.29, 1.82) is 0 Å². The Bertz CT molecular complexity index is 773. The van der Waals surface area contributed by atoms with Crippen LogP contribution in [0, 0.1) is 0 Å². The molecule has 0 unspecified atom stereocenters. The monoisotopic (exact) mass is 304 g/mol. The summed E-state index contributed by atoms with van der Waals surface area (Å²) in [6.45, 7) is 7.28. The summed E-state index contributed by atoms with van der Waals surface area (Å²) in [5.74, 6) is 1.35. The van der Waals surface area contributed by atoms with E-state index in [2.05, 4.69) is 11.6 Å². The number of nitrogens with zero attached hydrogens (tertiary/aromatic N) is 2. The number of amides is 1. The first-order chi connectivity index (χ1) is 10.2. The van der Waals surface area contributed by atoms with Crippen LogP contribution < -0.4 is 14.3 Å². The van der Waals surface area contributed by atoms with E-state index in [9.17, 15) is 4.79 Å². The van der Waals surface area contributed by atoms with E-state index in [1.165, 1.54) is 11.3 Å². The zero-order valence-electron chi connectivity index (χ0n) is 11.8. The van der Waals surface area contributed by atoms with Gasteiger partial charge in [-0.2, -0.15) is 4.99 Å². The van der Waals surface area contributed by atoms with Crippen LogP contribution in [0.3, 0.4) is 0 Å². The van der Waals surface area contributed by atoms with Crippen LogP contribution in [-0.4, -0.2) is 23.7 Å². The summed E-state index contributed by atoms with van der Waals surface area (Å²) in [6.07, 6.45) is 2.18. The van der Waals surface area contributed by atoms with E-state index in [0.29, 0.717) is 31.0 Å². The molecule has 0 atom stereocenters. The smallest absolute Gasteiger partial charge is 0.248 e. The Balaban J connectivity index is 2.24. The van der Waals surface area contributed by atoms with E-state index < -0.39 is 0 Å². The number of fused-ring (bicyclic) bond motifs is 2. The average molecular weight is 304 g/mol. The number of aromatic nitrogens is 1. The van der Waals surface area contributed by atoms with E-state index in [0.717, 1.165) is 21.7 Å². The van der Waals surface area contributed by atoms with Gasteiger partial charge >= 0.3 is 0 Å². The van der Waals surface area contributed by atoms with Gasteiger partial charge in [-0.05, 0) is 0 Å². The molecule has 2 aromatic rings. The minimum absolute atomic E-state index is 0.128. The van der Waals surface area contributed by atoms with Crippen molar-refractivity contribution in [3.63, 3.8) is 0 Å². The van der Waals surface area contributed by atoms with Crippen molar-refractivity contribution >= 4 is 27.5 Å². The summed E-state index contributed by atoms with van der Waals surface area (Å²) in [7, 11) is 0. The second-order valence-electron chi connectivity index (χ2n) is 4.61. The lowest BCUT2D eigenvalue weighted by molar-refractivity contribution is -0.117. The van der Waals surface area contributed by atoms with Crippen molar-refractivity contribution in [2.45, 2.75) is 19.9 Å². The van der Waals surface area contributed by atoms with Crippen LogP contribution in [0.2, 0.25) is 0 Å². The molecule has 0 saturated carbocycles. The van der Waals surface area contributed by atoms with Gasteiger partial charge in [-0.25, -0.2) is 0 Å². The normalized spacial score (nSPS) is 14.4. The molecule has 0 aliphatic carbocycles. The molecule has 6 heteroatoms. The minimum Gasteiger partial charge on any atom is -0.486 e. The molecule has 2 heterocycles. The van der Waals surface area contributed by atoms with Gasteiger partial charge < -0.3 is 14.0 Å². The van der Waals surface area contributed by atoms with Crippen molar-refractivity contribution in [2.24, 2.45) is 4.99 Å². The molecule has 1 aliphatic rings. The molecular weight excluding hydrogens is 288 g/mol. The van der Waals surface area contributed by atoms with Crippen LogP contribution in [-0.2, 0) is 11.3 Å². The van der Waals surface area contributed by atoms with Crippen molar-refractivity contribution in [2.75, 3.05) is 13.2 Å². The van der Waals surface area contributed by atoms with Gasteiger partial charge in [0.05, 0.1) is 10.2 Å². The molecule has 5 nitrogen and oxygen atoms in total. The standard InChI is InChI=1S/C15H16N2O3S/c1-3-5-17-10-8-11-12(20-7-6-19-11)9-13(10)21-15(17)16-14(18)4-2/h3,8-9H,1,4-7H2,2H3. The fourth-order valence-electron chi connectivity index (χ4n) is 2.18. The second kappa shape index (κ2) is 5.73. The highest BCUT2D eigenvalue weighted by atomic mass is 32.1.